The summed E-state index contributed by atoms with van der Waals surface area (Å²) in [4.78, 5) is 40.5. The van der Waals surface area contributed by atoms with Crippen LogP contribution in [0, 0.1) is 17.8 Å². The van der Waals surface area contributed by atoms with Gasteiger partial charge in [0.05, 0.1) is 5.92 Å². The van der Waals surface area contributed by atoms with Crippen molar-refractivity contribution in [2.75, 3.05) is 51.7 Å². The molecule has 4 rings (SSSR count). The van der Waals surface area contributed by atoms with E-state index in [0.717, 1.165) is 50.4 Å². The van der Waals surface area contributed by atoms with E-state index in [2.05, 4.69) is 32.0 Å². The Hall–Kier alpha value is -2.22. The van der Waals surface area contributed by atoms with E-state index in [1.807, 2.05) is 31.4 Å². The quantitative estimate of drug-likeness (QED) is 0.710. The number of amides is 2. The summed E-state index contributed by atoms with van der Waals surface area (Å²) in [6.45, 7) is 5.92. The van der Waals surface area contributed by atoms with E-state index in [1.165, 1.54) is 0 Å². The molecule has 2 aliphatic heterocycles. The Balaban J connectivity index is 1.33. The van der Waals surface area contributed by atoms with Crippen LogP contribution in [0.15, 0.2) is 12.4 Å². The number of fused-ring (bicyclic) bond motifs is 2. The molecule has 2 unspecified atom stereocenters. The number of aromatic nitrogens is 2. The largest absolute Gasteiger partial charge is 0.352 e. The minimum Gasteiger partial charge on any atom is -0.352 e. The number of likely N-dealkylation sites (tertiary alicyclic amines) is 1. The third kappa shape index (κ3) is 4.43. The van der Waals surface area contributed by atoms with Crippen molar-refractivity contribution in [1.82, 2.24) is 25.1 Å². The molecule has 1 N–H and O–H groups in total. The number of hydrogen-bond acceptors (Lipinski definition) is 6. The molecule has 8 nitrogen and oxygen atoms in total. The van der Waals surface area contributed by atoms with Crippen LogP contribution in [0.5, 0.6) is 0 Å². The van der Waals surface area contributed by atoms with Gasteiger partial charge in [-0.3, -0.25) is 9.59 Å². The van der Waals surface area contributed by atoms with E-state index in [0.29, 0.717) is 31.3 Å². The maximum atomic E-state index is 12.9. The van der Waals surface area contributed by atoms with E-state index in [4.69, 9.17) is 0 Å². The van der Waals surface area contributed by atoms with Crippen LogP contribution < -0.4 is 10.2 Å². The fraction of sp³-hybridized carbons (Fsp3) is 0.727. The molecule has 3 aliphatic rings. The molecule has 3 heterocycles. The predicted molar refractivity (Wildman–Crippen MR) is 115 cm³/mol. The molecule has 1 aromatic heterocycles. The molecule has 2 bridgehead atoms. The van der Waals surface area contributed by atoms with Crippen molar-refractivity contribution in [3.05, 3.63) is 18.0 Å². The molecule has 0 spiro atoms. The number of carbonyl (C=O) groups is 2. The van der Waals surface area contributed by atoms with Crippen molar-refractivity contribution >= 4 is 17.8 Å². The van der Waals surface area contributed by atoms with E-state index >= 15 is 0 Å². The van der Waals surface area contributed by atoms with Crippen molar-refractivity contribution in [1.29, 1.82) is 0 Å². The van der Waals surface area contributed by atoms with Gasteiger partial charge in [-0.05, 0) is 50.8 Å². The van der Waals surface area contributed by atoms with Gasteiger partial charge < -0.3 is 20.0 Å². The molecule has 2 saturated heterocycles. The van der Waals surface area contributed by atoms with Gasteiger partial charge >= 0.3 is 0 Å². The molecular formula is C22H34N6O2. The van der Waals surface area contributed by atoms with E-state index in [1.54, 1.807) is 0 Å². The molecule has 1 aromatic rings. The third-order valence-electron chi connectivity index (χ3n) is 6.93. The number of aryl methyl sites for hydroxylation is 1. The number of rotatable bonds is 7. The summed E-state index contributed by atoms with van der Waals surface area (Å²) in [7, 11) is 3.99. The lowest BCUT2D eigenvalue weighted by atomic mass is 9.91. The van der Waals surface area contributed by atoms with Gasteiger partial charge in [0, 0.05) is 57.6 Å². The molecule has 2 amide bonds. The van der Waals surface area contributed by atoms with Gasteiger partial charge in [0.15, 0.2) is 0 Å². The van der Waals surface area contributed by atoms with E-state index in [-0.39, 0.29) is 23.8 Å². The first-order chi connectivity index (χ1) is 14.4. The van der Waals surface area contributed by atoms with E-state index < -0.39 is 0 Å². The fourth-order valence-electron chi connectivity index (χ4n) is 5.08. The standard InChI is InChI=1S/C22H34N6O2/c1-4-15-10-23-22(24-11-15)28-12-16-5-6-17(13-28)20(16)25-21(30)18-9-19(29)27(14-18)8-7-26(2)3/h10-11,16-18,20H,4-9,12-14H2,1-3H3,(H,25,30)/t16-,17+,18?,20?. The second kappa shape index (κ2) is 8.88. The highest BCUT2D eigenvalue weighted by molar-refractivity contribution is 5.89. The van der Waals surface area contributed by atoms with Crippen LogP contribution in [-0.4, -0.2) is 84.4 Å². The number of likely N-dealkylation sites (N-methyl/N-ethyl adjacent to an activating group) is 1. The Morgan fingerprint density at radius 2 is 1.83 bits per heavy atom. The second-order valence-corrected chi connectivity index (χ2v) is 9.33. The number of nitrogens with zero attached hydrogens (tertiary/aromatic N) is 5. The van der Waals surface area contributed by atoms with Crippen molar-refractivity contribution in [2.24, 2.45) is 17.8 Å². The summed E-state index contributed by atoms with van der Waals surface area (Å²) in [6.07, 6.45) is 7.35. The Bertz CT molecular complexity index is 753. The van der Waals surface area contributed by atoms with Crippen LogP contribution in [0.3, 0.4) is 0 Å². The minimum atomic E-state index is -0.220. The van der Waals surface area contributed by atoms with Gasteiger partial charge in [0.1, 0.15) is 0 Å². The molecule has 4 atom stereocenters. The zero-order chi connectivity index (χ0) is 21.3. The highest BCUT2D eigenvalue weighted by atomic mass is 16.2. The Kier molecular flexibility index (Phi) is 6.22. The highest BCUT2D eigenvalue weighted by Crippen LogP contribution is 2.38. The minimum absolute atomic E-state index is 0.0506. The monoisotopic (exact) mass is 414 g/mol. The van der Waals surface area contributed by atoms with Gasteiger partial charge in [0.2, 0.25) is 17.8 Å². The topological polar surface area (TPSA) is 81.7 Å². The smallest absolute Gasteiger partial charge is 0.225 e. The molecular weight excluding hydrogens is 380 g/mol. The van der Waals surface area contributed by atoms with Crippen LogP contribution >= 0.6 is 0 Å². The predicted octanol–water partition coefficient (Wildman–Crippen LogP) is 0.780. The van der Waals surface area contributed by atoms with Crippen molar-refractivity contribution in [2.45, 2.75) is 38.6 Å². The molecule has 164 valence electrons. The average molecular weight is 415 g/mol. The molecule has 1 saturated carbocycles. The lowest BCUT2D eigenvalue weighted by molar-refractivity contribution is -0.129. The number of hydrogen-bond donors (Lipinski definition) is 1. The van der Waals surface area contributed by atoms with Gasteiger partial charge in [-0.1, -0.05) is 6.92 Å². The van der Waals surface area contributed by atoms with E-state index in [9.17, 15) is 9.59 Å². The van der Waals surface area contributed by atoms with Gasteiger partial charge in [0.25, 0.3) is 0 Å². The molecule has 0 radical (unpaired) electrons. The summed E-state index contributed by atoms with van der Waals surface area (Å²) < 4.78 is 0. The van der Waals surface area contributed by atoms with Crippen LogP contribution in [0.2, 0.25) is 0 Å². The zero-order valence-corrected chi connectivity index (χ0v) is 18.4. The first-order valence-corrected chi connectivity index (χ1v) is 11.2. The Morgan fingerprint density at radius 1 is 1.17 bits per heavy atom. The van der Waals surface area contributed by atoms with Crippen molar-refractivity contribution < 1.29 is 9.59 Å². The highest BCUT2D eigenvalue weighted by Gasteiger charge is 2.45. The van der Waals surface area contributed by atoms with Gasteiger partial charge in [-0.15, -0.1) is 0 Å². The first-order valence-electron chi connectivity index (χ1n) is 11.2. The number of nitrogens with one attached hydrogen (secondary N) is 1. The second-order valence-electron chi connectivity index (χ2n) is 9.33. The maximum Gasteiger partial charge on any atom is 0.225 e. The first kappa shape index (κ1) is 21.0. The molecule has 8 heteroatoms. The summed E-state index contributed by atoms with van der Waals surface area (Å²) in [6, 6.07) is 0.203. The SMILES string of the molecule is CCc1cnc(N2C[C@H]3CC[C@@H](C2)C3NC(=O)C2CC(=O)N(CCN(C)C)C2)nc1. The number of anilines is 1. The van der Waals surface area contributed by atoms with Gasteiger partial charge in [-0.25, -0.2) is 9.97 Å². The van der Waals surface area contributed by atoms with Crippen LogP contribution in [0.25, 0.3) is 0 Å². The van der Waals surface area contributed by atoms with Crippen LogP contribution in [0.4, 0.5) is 5.95 Å². The average Bonchev–Trinajstić information content (AvgIpc) is 3.21. The van der Waals surface area contributed by atoms with Crippen molar-refractivity contribution in [3.63, 3.8) is 0 Å². The Morgan fingerprint density at radius 3 is 2.43 bits per heavy atom. The molecule has 30 heavy (non-hydrogen) atoms. The fourth-order valence-corrected chi connectivity index (χ4v) is 5.08. The van der Waals surface area contributed by atoms with Crippen LogP contribution in [-0.2, 0) is 16.0 Å². The van der Waals surface area contributed by atoms with Crippen molar-refractivity contribution in [3.8, 4) is 0 Å². The molecule has 3 fully saturated rings. The lowest BCUT2D eigenvalue weighted by Gasteiger charge is -2.38. The lowest BCUT2D eigenvalue weighted by Crippen LogP contribution is -2.54. The summed E-state index contributed by atoms with van der Waals surface area (Å²) >= 11 is 0. The molecule has 0 aromatic carbocycles. The normalized spacial score (nSPS) is 28.5. The number of carbonyl (C=O) groups excluding carboxylic acids is 2. The van der Waals surface area contributed by atoms with Gasteiger partial charge in [-0.2, -0.15) is 0 Å². The third-order valence-corrected chi connectivity index (χ3v) is 6.93. The molecule has 1 aliphatic carbocycles. The number of piperidine rings is 1. The summed E-state index contributed by atoms with van der Waals surface area (Å²) in [5.74, 6) is 1.57. The summed E-state index contributed by atoms with van der Waals surface area (Å²) in [5.41, 5.74) is 1.15. The Labute approximate surface area is 179 Å². The maximum absolute atomic E-state index is 12.9. The summed E-state index contributed by atoms with van der Waals surface area (Å²) in [5, 5.41) is 3.32. The zero-order valence-electron chi connectivity index (χ0n) is 18.4. The van der Waals surface area contributed by atoms with Crippen LogP contribution in [0.1, 0.15) is 31.7 Å².